The first-order chi connectivity index (χ1) is 8.92. The first-order valence-electron chi connectivity index (χ1n) is 5.49. The molecule has 19 heavy (non-hydrogen) atoms. The highest BCUT2D eigenvalue weighted by Crippen LogP contribution is 2.22. The van der Waals surface area contributed by atoms with Crippen LogP contribution >= 0.6 is 15.9 Å². The molecular weight excluding hydrogens is 332 g/mol. The number of rotatable bonds is 4. The summed E-state index contributed by atoms with van der Waals surface area (Å²) in [5, 5.41) is 8.92. The van der Waals surface area contributed by atoms with E-state index in [4.69, 9.17) is 5.11 Å². The normalized spacial score (nSPS) is 11.5. The van der Waals surface area contributed by atoms with Crippen LogP contribution in [0.25, 0.3) is 0 Å². The van der Waals surface area contributed by atoms with E-state index in [1.807, 2.05) is 6.92 Å². The van der Waals surface area contributed by atoms with Gasteiger partial charge in [0.25, 0.3) is 10.0 Å². The molecule has 0 aliphatic carbocycles. The van der Waals surface area contributed by atoms with Gasteiger partial charge in [-0.1, -0.05) is 15.9 Å². The van der Waals surface area contributed by atoms with Crippen molar-refractivity contribution in [3.63, 3.8) is 0 Å². The van der Waals surface area contributed by atoms with Crippen molar-refractivity contribution in [1.82, 2.24) is 4.98 Å². The largest absolute Gasteiger partial charge is 0.390 e. The van der Waals surface area contributed by atoms with Gasteiger partial charge in [-0.2, -0.15) is 0 Å². The van der Waals surface area contributed by atoms with Crippen LogP contribution in [-0.4, -0.2) is 18.5 Å². The lowest BCUT2D eigenvalue weighted by Gasteiger charge is -2.08. The van der Waals surface area contributed by atoms with Gasteiger partial charge in [-0.3, -0.25) is 4.72 Å². The molecule has 0 radical (unpaired) electrons. The number of aryl methyl sites for hydroxylation is 1. The first-order valence-corrected chi connectivity index (χ1v) is 7.77. The molecule has 0 saturated heterocycles. The Bertz CT molecular complexity index is 695. The lowest BCUT2D eigenvalue weighted by Crippen LogP contribution is -2.12. The molecule has 0 unspecified atom stereocenters. The van der Waals surface area contributed by atoms with E-state index in [2.05, 4.69) is 25.6 Å². The summed E-state index contributed by atoms with van der Waals surface area (Å²) in [6.07, 6.45) is 1.35. The Morgan fingerprint density at radius 2 is 2.11 bits per heavy atom. The third kappa shape index (κ3) is 3.17. The second-order valence-electron chi connectivity index (χ2n) is 4.09. The topological polar surface area (TPSA) is 82.2 Å². The third-order valence-corrected chi connectivity index (χ3v) is 4.86. The van der Waals surface area contributed by atoms with E-state index < -0.39 is 10.0 Å². The molecule has 0 spiro atoms. The number of H-pyrrole nitrogens is 1. The average molecular weight is 345 g/mol. The van der Waals surface area contributed by atoms with Crippen molar-refractivity contribution in [1.29, 1.82) is 0 Å². The Kier molecular flexibility index (Phi) is 3.98. The summed E-state index contributed by atoms with van der Waals surface area (Å²) in [6, 6.07) is 6.59. The zero-order valence-corrected chi connectivity index (χ0v) is 12.5. The van der Waals surface area contributed by atoms with Gasteiger partial charge >= 0.3 is 0 Å². The molecular formula is C12H13BrN2O3S. The monoisotopic (exact) mass is 344 g/mol. The number of hydrogen-bond acceptors (Lipinski definition) is 3. The Balaban J connectivity index is 2.28. The SMILES string of the molecule is Cc1cc(NS(=O)(=O)c2c[nH]c(CO)c2)ccc1Br. The highest BCUT2D eigenvalue weighted by atomic mass is 79.9. The molecule has 0 aliphatic heterocycles. The zero-order chi connectivity index (χ0) is 14.0. The van der Waals surface area contributed by atoms with E-state index in [-0.39, 0.29) is 11.5 Å². The summed E-state index contributed by atoms with van der Waals surface area (Å²) < 4.78 is 27.6. The van der Waals surface area contributed by atoms with Crippen molar-refractivity contribution in [2.24, 2.45) is 0 Å². The molecule has 0 bridgehead atoms. The van der Waals surface area contributed by atoms with Crippen LogP contribution in [0.2, 0.25) is 0 Å². The molecule has 0 aliphatic rings. The molecule has 0 amide bonds. The summed E-state index contributed by atoms with van der Waals surface area (Å²) >= 11 is 3.36. The van der Waals surface area contributed by atoms with Crippen LogP contribution in [0.4, 0.5) is 5.69 Å². The molecule has 7 heteroatoms. The summed E-state index contributed by atoms with van der Waals surface area (Å²) in [7, 11) is -3.64. The minimum atomic E-state index is -3.64. The third-order valence-electron chi connectivity index (χ3n) is 2.61. The van der Waals surface area contributed by atoms with Crippen LogP contribution < -0.4 is 4.72 Å². The van der Waals surface area contributed by atoms with Crippen molar-refractivity contribution in [2.75, 3.05) is 4.72 Å². The lowest BCUT2D eigenvalue weighted by molar-refractivity contribution is 0.277. The van der Waals surface area contributed by atoms with Crippen LogP contribution in [0, 0.1) is 6.92 Å². The van der Waals surface area contributed by atoms with E-state index in [1.165, 1.54) is 12.3 Å². The lowest BCUT2D eigenvalue weighted by atomic mass is 10.2. The van der Waals surface area contributed by atoms with Crippen LogP contribution in [0.5, 0.6) is 0 Å². The smallest absolute Gasteiger partial charge is 0.263 e. The Hall–Kier alpha value is -1.31. The number of aliphatic hydroxyl groups excluding tert-OH is 1. The van der Waals surface area contributed by atoms with E-state index in [9.17, 15) is 8.42 Å². The first kappa shape index (κ1) is 14.1. The van der Waals surface area contributed by atoms with Gasteiger partial charge in [0, 0.05) is 22.1 Å². The van der Waals surface area contributed by atoms with Crippen LogP contribution in [0.15, 0.2) is 39.8 Å². The summed E-state index contributed by atoms with van der Waals surface area (Å²) in [4.78, 5) is 2.79. The maximum absolute atomic E-state index is 12.1. The quantitative estimate of drug-likeness (QED) is 0.796. The zero-order valence-electron chi connectivity index (χ0n) is 10.1. The fourth-order valence-electron chi connectivity index (χ4n) is 1.59. The van der Waals surface area contributed by atoms with Gasteiger partial charge in [-0.05, 0) is 36.8 Å². The number of aliphatic hydroxyl groups is 1. The number of sulfonamides is 1. The fourth-order valence-corrected chi connectivity index (χ4v) is 2.90. The van der Waals surface area contributed by atoms with Crippen molar-refractivity contribution >= 4 is 31.6 Å². The molecule has 1 aromatic heterocycles. The van der Waals surface area contributed by atoms with Crippen molar-refractivity contribution in [3.8, 4) is 0 Å². The molecule has 0 atom stereocenters. The maximum atomic E-state index is 12.1. The molecule has 102 valence electrons. The van der Waals surface area contributed by atoms with Crippen LogP contribution in [-0.2, 0) is 16.6 Å². The predicted octanol–water partition coefficient (Wildman–Crippen LogP) is 2.38. The predicted molar refractivity (Wildman–Crippen MR) is 76.4 cm³/mol. The summed E-state index contributed by atoms with van der Waals surface area (Å²) in [5.41, 5.74) is 1.88. The number of anilines is 1. The van der Waals surface area contributed by atoms with E-state index in [1.54, 1.807) is 18.2 Å². The summed E-state index contributed by atoms with van der Waals surface area (Å²) in [6.45, 7) is 1.65. The van der Waals surface area contributed by atoms with E-state index in [0.717, 1.165) is 10.0 Å². The minimum absolute atomic E-state index is 0.0946. The van der Waals surface area contributed by atoms with E-state index in [0.29, 0.717) is 11.4 Å². The van der Waals surface area contributed by atoms with Gasteiger partial charge in [-0.15, -0.1) is 0 Å². The highest BCUT2D eigenvalue weighted by molar-refractivity contribution is 9.10. The molecule has 1 aromatic carbocycles. The van der Waals surface area contributed by atoms with Gasteiger partial charge in [-0.25, -0.2) is 8.42 Å². The van der Waals surface area contributed by atoms with Crippen LogP contribution in [0.3, 0.4) is 0 Å². The van der Waals surface area contributed by atoms with Crippen molar-refractivity contribution < 1.29 is 13.5 Å². The van der Waals surface area contributed by atoms with Gasteiger partial charge in [0.15, 0.2) is 0 Å². The molecule has 0 fully saturated rings. The molecule has 2 rings (SSSR count). The Morgan fingerprint density at radius 3 is 2.68 bits per heavy atom. The van der Waals surface area contributed by atoms with Crippen molar-refractivity contribution in [2.45, 2.75) is 18.4 Å². The molecule has 3 N–H and O–H groups in total. The fraction of sp³-hybridized carbons (Fsp3) is 0.167. The van der Waals surface area contributed by atoms with Gasteiger partial charge in [0.2, 0.25) is 0 Å². The average Bonchev–Trinajstić information content (AvgIpc) is 2.83. The second-order valence-corrected chi connectivity index (χ2v) is 6.62. The Labute approximate surface area is 119 Å². The molecule has 5 nitrogen and oxygen atoms in total. The van der Waals surface area contributed by atoms with E-state index >= 15 is 0 Å². The van der Waals surface area contributed by atoms with Gasteiger partial charge in [0.05, 0.1) is 6.61 Å². The minimum Gasteiger partial charge on any atom is -0.390 e. The number of halogens is 1. The number of benzene rings is 1. The van der Waals surface area contributed by atoms with Gasteiger partial charge < -0.3 is 10.1 Å². The highest BCUT2D eigenvalue weighted by Gasteiger charge is 2.16. The molecule has 2 aromatic rings. The number of hydrogen-bond donors (Lipinski definition) is 3. The molecule has 0 saturated carbocycles. The summed E-state index contributed by atoms with van der Waals surface area (Å²) in [5.74, 6) is 0. The van der Waals surface area contributed by atoms with Crippen molar-refractivity contribution in [3.05, 3.63) is 46.2 Å². The number of aromatic nitrogens is 1. The Morgan fingerprint density at radius 1 is 1.37 bits per heavy atom. The second kappa shape index (κ2) is 5.36. The number of nitrogens with one attached hydrogen (secondary N) is 2. The van der Waals surface area contributed by atoms with Crippen LogP contribution in [0.1, 0.15) is 11.3 Å². The van der Waals surface area contributed by atoms with Gasteiger partial charge in [0.1, 0.15) is 4.90 Å². The number of aromatic amines is 1. The molecule has 1 heterocycles. The standard InChI is InChI=1S/C12H13BrN2O3S/c1-8-4-9(2-3-12(8)13)15-19(17,18)11-5-10(7-16)14-6-11/h2-6,14-16H,7H2,1H3. The maximum Gasteiger partial charge on any atom is 0.263 e.